The Bertz CT molecular complexity index is 659. The highest BCUT2D eigenvalue weighted by molar-refractivity contribution is 5.91. The standard InChI is InChI=1S/C19H22N2O3/c22-17(18-7-4-14-24-18)15-20-10-12-21(13-11-20)19(23)9-8-16-5-2-1-3-6-16/h1-9,14,17,22H,10-13,15H2. The number of benzene rings is 1. The van der Waals surface area contributed by atoms with E-state index in [1.165, 1.54) is 0 Å². The largest absolute Gasteiger partial charge is 0.467 e. The molecule has 0 saturated carbocycles. The molecule has 0 radical (unpaired) electrons. The molecule has 1 atom stereocenters. The number of piperazine rings is 1. The summed E-state index contributed by atoms with van der Waals surface area (Å²) in [6, 6.07) is 13.3. The van der Waals surface area contributed by atoms with Crippen LogP contribution in [0.5, 0.6) is 0 Å². The van der Waals surface area contributed by atoms with Gasteiger partial charge < -0.3 is 14.4 Å². The first kappa shape index (κ1) is 16.5. The molecular weight excluding hydrogens is 304 g/mol. The van der Waals surface area contributed by atoms with Crippen molar-refractivity contribution in [1.29, 1.82) is 0 Å². The summed E-state index contributed by atoms with van der Waals surface area (Å²) in [5.41, 5.74) is 1.02. The molecule has 1 aliphatic rings. The zero-order valence-electron chi connectivity index (χ0n) is 13.5. The van der Waals surface area contributed by atoms with E-state index in [0.717, 1.165) is 18.7 Å². The summed E-state index contributed by atoms with van der Waals surface area (Å²) in [6.07, 6.45) is 4.41. The number of nitrogens with zero attached hydrogens (tertiary/aromatic N) is 2. The number of carbonyl (C=O) groups is 1. The average molecular weight is 326 g/mol. The summed E-state index contributed by atoms with van der Waals surface area (Å²) >= 11 is 0. The molecule has 1 fully saturated rings. The van der Waals surface area contributed by atoms with Crippen LogP contribution in [0.2, 0.25) is 0 Å². The maximum absolute atomic E-state index is 12.2. The lowest BCUT2D eigenvalue weighted by atomic mass is 10.2. The van der Waals surface area contributed by atoms with Gasteiger partial charge in [-0.1, -0.05) is 30.3 Å². The number of furan rings is 1. The van der Waals surface area contributed by atoms with Crippen LogP contribution in [0.3, 0.4) is 0 Å². The number of amides is 1. The van der Waals surface area contributed by atoms with Crippen molar-refractivity contribution in [1.82, 2.24) is 9.80 Å². The molecule has 126 valence electrons. The van der Waals surface area contributed by atoms with E-state index in [9.17, 15) is 9.90 Å². The zero-order valence-corrected chi connectivity index (χ0v) is 13.5. The summed E-state index contributed by atoms with van der Waals surface area (Å²) in [6.45, 7) is 3.37. The maximum Gasteiger partial charge on any atom is 0.246 e. The van der Waals surface area contributed by atoms with Crippen LogP contribution in [0, 0.1) is 0 Å². The van der Waals surface area contributed by atoms with E-state index in [2.05, 4.69) is 4.90 Å². The van der Waals surface area contributed by atoms with Crippen molar-refractivity contribution >= 4 is 12.0 Å². The van der Waals surface area contributed by atoms with Crippen LogP contribution >= 0.6 is 0 Å². The molecule has 1 aromatic heterocycles. The minimum atomic E-state index is -0.625. The number of β-amino-alcohol motifs (C(OH)–C–C–N with tert-alkyl or cyclic N) is 1. The molecule has 1 aromatic carbocycles. The Hall–Kier alpha value is -2.37. The van der Waals surface area contributed by atoms with E-state index in [1.54, 1.807) is 24.5 Å². The lowest BCUT2D eigenvalue weighted by Crippen LogP contribution is -2.49. The van der Waals surface area contributed by atoms with Crippen LogP contribution in [0.15, 0.2) is 59.2 Å². The van der Waals surface area contributed by atoms with Gasteiger partial charge in [0.05, 0.1) is 6.26 Å². The Morgan fingerprint density at radius 3 is 2.54 bits per heavy atom. The predicted octanol–water partition coefficient (Wildman–Crippen LogP) is 2.17. The van der Waals surface area contributed by atoms with E-state index in [0.29, 0.717) is 25.4 Å². The SMILES string of the molecule is O=C(C=Cc1ccccc1)N1CCN(CC(O)c2ccco2)CC1. The van der Waals surface area contributed by atoms with Crippen LogP contribution in [-0.4, -0.2) is 53.5 Å². The fraction of sp³-hybridized carbons (Fsp3) is 0.316. The van der Waals surface area contributed by atoms with Crippen LogP contribution in [0.4, 0.5) is 0 Å². The summed E-state index contributed by atoms with van der Waals surface area (Å²) in [5.74, 6) is 0.615. The average Bonchev–Trinajstić information content (AvgIpc) is 3.16. The summed E-state index contributed by atoms with van der Waals surface area (Å²) in [5, 5.41) is 10.1. The molecular formula is C19H22N2O3. The number of hydrogen-bond acceptors (Lipinski definition) is 4. The Balaban J connectivity index is 1.46. The van der Waals surface area contributed by atoms with Crippen LogP contribution in [0.25, 0.3) is 6.08 Å². The molecule has 24 heavy (non-hydrogen) atoms. The minimum Gasteiger partial charge on any atom is -0.467 e. The molecule has 1 unspecified atom stereocenters. The molecule has 0 aliphatic carbocycles. The third kappa shape index (κ3) is 4.34. The van der Waals surface area contributed by atoms with Gasteiger partial charge >= 0.3 is 0 Å². The van der Waals surface area contributed by atoms with Gasteiger partial charge in [0.15, 0.2) is 0 Å². The van der Waals surface area contributed by atoms with Gasteiger partial charge in [-0.25, -0.2) is 0 Å². The molecule has 1 aliphatic heterocycles. The van der Waals surface area contributed by atoms with Crippen molar-refractivity contribution in [2.24, 2.45) is 0 Å². The highest BCUT2D eigenvalue weighted by Crippen LogP contribution is 2.15. The fourth-order valence-corrected chi connectivity index (χ4v) is 2.80. The van der Waals surface area contributed by atoms with Crippen LogP contribution in [-0.2, 0) is 4.79 Å². The number of carbonyl (C=O) groups excluding carboxylic acids is 1. The van der Waals surface area contributed by atoms with Gasteiger partial charge in [-0.15, -0.1) is 0 Å². The Kier molecular flexibility index (Phi) is 5.46. The molecule has 5 nitrogen and oxygen atoms in total. The smallest absolute Gasteiger partial charge is 0.246 e. The maximum atomic E-state index is 12.2. The Morgan fingerprint density at radius 1 is 1.12 bits per heavy atom. The number of hydrogen-bond donors (Lipinski definition) is 1. The first-order valence-electron chi connectivity index (χ1n) is 8.18. The number of aliphatic hydroxyl groups excluding tert-OH is 1. The second kappa shape index (κ2) is 7.95. The lowest BCUT2D eigenvalue weighted by molar-refractivity contribution is -0.127. The zero-order chi connectivity index (χ0) is 16.8. The Morgan fingerprint density at radius 2 is 1.88 bits per heavy atom. The second-order valence-corrected chi connectivity index (χ2v) is 5.90. The highest BCUT2D eigenvalue weighted by atomic mass is 16.4. The molecule has 1 amide bonds. The van der Waals surface area contributed by atoms with Gasteiger partial charge in [0.1, 0.15) is 11.9 Å². The second-order valence-electron chi connectivity index (χ2n) is 5.90. The van der Waals surface area contributed by atoms with E-state index >= 15 is 0 Å². The third-order valence-corrected chi connectivity index (χ3v) is 4.20. The van der Waals surface area contributed by atoms with Crippen LogP contribution in [0.1, 0.15) is 17.4 Å². The van der Waals surface area contributed by atoms with E-state index < -0.39 is 6.10 Å². The van der Waals surface area contributed by atoms with Gasteiger partial charge in [-0.05, 0) is 23.8 Å². The molecule has 1 N–H and O–H groups in total. The molecule has 3 rings (SSSR count). The quantitative estimate of drug-likeness (QED) is 0.856. The molecule has 0 spiro atoms. The topological polar surface area (TPSA) is 56.9 Å². The summed E-state index contributed by atoms with van der Waals surface area (Å²) in [7, 11) is 0. The predicted molar refractivity (Wildman–Crippen MR) is 92.2 cm³/mol. The van der Waals surface area contributed by atoms with Crippen LogP contribution < -0.4 is 0 Å². The Labute approximate surface area is 141 Å². The fourth-order valence-electron chi connectivity index (χ4n) is 2.80. The van der Waals surface area contributed by atoms with Gasteiger partial charge in [0.25, 0.3) is 0 Å². The van der Waals surface area contributed by atoms with E-state index in [-0.39, 0.29) is 5.91 Å². The van der Waals surface area contributed by atoms with Gasteiger partial charge in [0, 0.05) is 38.8 Å². The molecule has 2 heterocycles. The van der Waals surface area contributed by atoms with E-state index in [1.807, 2.05) is 41.3 Å². The van der Waals surface area contributed by atoms with Crippen molar-refractivity contribution in [2.45, 2.75) is 6.10 Å². The lowest BCUT2D eigenvalue weighted by Gasteiger charge is -2.34. The van der Waals surface area contributed by atoms with Gasteiger partial charge in [-0.3, -0.25) is 9.69 Å². The van der Waals surface area contributed by atoms with Crippen molar-refractivity contribution in [3.05, 3.63) is 66.1 Å². The number of aliphatic hydroxyl groups is 1. The van der Waals surface area contributed by atoms with Crippen molar-refractivity contribution in [3.63, 3.8) is 0 Å². The summed E-state index contributed by atoms with van der Waals surface area (Å²) in [4.78, 5) is 16.2. The first-order valence-corrected chi connectivity index (χ1v) is 8.18. The van der Waals surface area contributed by atoms with Crippen molar-refractivity contribution in [2.75, 3.05) is 32.7 Å². The molecule has 1 saturated heterocycles. The van der Waals surface area contributed by atoms with Gasteiger partial charge in [0.2, 0.25) is 5.91 Å². The first-order chi connectivity index (χ1) is 11.7. The monoisotopic (exact) mass is 326 g/mol. The molecule has 5 heteroatoms. The number of rotatable bonds is 5. The third-order valence-electron chi connectivity index (χ3n) is 4.20. The normalized spacial score (nSPS) is 17.3. The molecule has 0 bridgehead atoms. The van der Waals surface area contributed by atoms with Crippen molar-refractivity contribution < 1.29 is 14.3 Å². The van der Waals surface area contributed by atoms with Crippen molar-refractivity contribution in [3.8, 4) is 0 Å². The highest BCUT2D eigenvalue weighted by Gasteiger charge is 2.22. The molecule has 2 aromatic rings. The van der Waals surface area contributed by atoms with E-state index in [4.69, 9.17) is 4.42 Å². The summed E-state index contributed by atoms with van der Waals surface area (Å²) < 4.78 is 5.22. The van der Waals surface area contributed by atoms with Gasteiger partial charge in [-0.2, -0.15) is 0 Å². The minimum absolute atomic E-state index is 0.0325.